The fraction of sp³-hybridized carbons (Fsp3) is 0.300. The summed E-state index contributed by atoms with van der Waals surface area (Å²) in [6.07, 6.45) is -7.36. The second-order valence-electron chi connectivity index (χ2n) is 6.21. The normalized spacial score (nSPS) is 27.0. The van der Waals surface area contributed by atoms with Crippen LogP contribution in [0.15, 0.2) is 60.7 Å². The molecule has 1 fully saturated rings. The van der Waals surface area contributed by atoms with Crippen molar-refractivity contribution in [2.45, 2.75) is 30.7 Å². The zero-order valence-corrected chi connectivity index (χ0v) is 14.8. The molecule has 8 heteroatoms. The van der Waals surface area contributed by atoms with Crippen LogP contribution in [0.5, 0.6) is 0 Å². The molecule has 3 N–H and O–H groups in total. The first-order valence-corrected chi connectivity index (χ1v) is 8.65. The summed E-state index contributed by atoms with van der Waals surface area (Å²) in [7, 11) is 0. The fourth-order valence-corrected chi connectivity index (χ4v) is 2.86. The Balaban J connectivity index is 1.75. The minimum Gasteiger partial charge on any atom is -0.453 e. The van der Waals surface area contributed by atoms with E-state index in [0.717, 1.165) is 0 Å². The zero-order valence-electron chi connectivity index (χ0n) is 14.8. The lowest BCUT2D eigenvalue weighted by atomic mass is 9.98. The number of aliphatic hydroxyl groups is 3. The minimum atomic E-state index is -1.70. The van der Waals surface area contributed by atoms with E-state index in [1.807, 2.05) is 0 Å². The van der Waals surface area contributed by atoms with E-state index in [-0.39, 0.29) is 11.1 Å². The van der Waals surface area contributed by atoms with Gasteiger partial charge in [0, 0.05) is 0 Å². The highest BCUT2D eigenvalue weighted by molar-refractivity contribution is 5.90. The summed E-state index contributed by atoms with van der Waals surface area (Å²) in [4.78, 5) is 24.6. The highest BCUT2D eigenvalue weighted by atomic mass is 16.7. The molecule has 0 aliphatic carbocycles. The first kappa shape index (κ1) is 20.0. The van der Waals surface area contributed by atoms with Crippen LogP contribution in [-0.2, 0) is 14.2 Å². The van der Waals surface area contributed by atoms with E-state index in [2.05, 4.69) is 0 Å². The topological polar surface area (TPSA) is 123 Å². The van der Waals surface area contributed by atoms with Crippen molar-refractivity contribution in [3.05, 3.63) is 71.8 Å². The van der Waals surface area contributed by atoms with Gasteiger partial charge in [0.25, 0.3) is 0 Å². The van der Waals surface area contributed by atoms with Crippen LogP contribution < -0.4 is 0 Å². The summed E-state index contributed by atoms with van der Waals surface area (Å²) in [5, 5.41) is 30.2. The molecular weight excluding hydrogens is 368 g/mol. The maximum absolute atomic E-state index is 12.3. The molecule has 28 heavy (non-hydrogen) atoms. The molecule has 148 valence electrons. The Hall–Kier alpha value is -2.78. The molecule has 0 spiro atoms. The third-order valence-electron chi connectivity index (χ3n) is 4.32. The largest absolute Gasteiger partial charge is 0.453 e. The molecule has 1 saturated heterocycles. The number of esters is 2. The van der Waals surface area contributed by atoms with Crippen molar-refractivity contribution < 1.29 is 39.1 Å². The molecule has 1 aliphatic rings. The number of carbonyl (C=O) groups is 2. The van der Waals surface area contributed by atoms with E-state index in [0.29, 0.717) is 0 Å². The van der Waals surface area contributed by atoms with Crippen molar-refractivity contribution in [2.24, 2.45) is 0 Å². The second kappa shape index (κ2) is 8.94. The van der Waals surface area contributed by atoms with Crippen LogP contribution in [0.1, 0.15) is 20.7 Å². The van der Waals surface area contributed by atoms with Crippen LogP contribution in [-0.4, -0.2) is 64.6 Å². The monoisotopic (exact) mass is 388 g/mol. The lowest BCUT2D eigenvalue weighted by Gasteiger charge is -2.41. The lowest BCUT2D eigenvalue weighted by Crippen LogP contribution is -2.61. The standard InChI is InChI=1S/C20H20O8/c21-11-14-16(27-18(23)12-7-3-1-4-8-12)15(22)17(20(25)26-14)28-19(24)13-9-5-2-6-10-13/h1-10,14-17,20-22,25H,11H2/t14-,15+,16-,17+,20+/m1/s1. The Kier molecular flexibility index (Phi) is 6.37. The summed E-state index contributed by atoms with van der Waals surface area (Å²) in [6.45, 7) is -0.625. The average molecular weight is 388 g/mol. The first-order chi connectivity index (χ1) is 13.5. The molecule has 0 radical (unpaired) electrons. The van der Waals surface area contributed by atoms with Crippen molar-refractivity contribution in [3.8, 4) is 0 Å². The van der Waals surface area contributed by atoms with Gasteiger partial charge in [0.2, 0.25) is 0 Å². The van der Waals surface area contributed by atoms with Crippen LogP contribution in [0, 0.1) is 0 Å². The van der Waals surface area contributed by atoms with Crippen molar-refractivity contribution >= 4 is 11.9 Å². The second-order valence-corrected chi connectivity index (χ2v) is 6.21. The van der Waals surface area contributed by atoms with Crippen LogP contribution in [0.4, 0.5) is 0 Å². The summed E-state index contributed by atoms with van der Waals surface area (Å²) in [5.41, 5.74) is 0.444. The van der Waals surface area contributed by atoms with Gasteiger partial charge in [-0.05, 0) is 24.3 Å². The molecule has 5 atom stereocenters. The Morgan fingerprint density at radius 2 is 1.29 bits per heavy atom. The fourth-order valence-electron chi connectivity index (χ4n) is 2.86. The maximum Gasteiger partial charge on any atom is 0.338 e. The van der Waals surface area contributed by atoms with Gasteiger partial charge in [0.05, 0.1) is 17.7 Å². The highest BCUT2D eigenvalue weighted by Gasteiger charge is 2.48. The van der Waals surface area contributed by atoms with Crippen molar-refractivity contribution in [2.75, 3.05) is 6.61 Å². The Bertz CT molecular complexity index is 794. The third-order valence-corrected chi connectivity index (χ3v) is 4.32. The predicted octanol–water partition coefficient (Wildman–Crippen LogP) is 0.508. The number of benzene rings is 2. The van der Waals surface area contributed by atoms with Gasteiger partial charge in [-0.15, -0.1) is 0 Å². The molecule has 2 aromatic rings. The van der Waals surface area contributed by atoms with Crippen LogP contribution >= 0.6 is 0 Å². The van der Waals surface area contributed by atoms with E-state index in [9.17, 15) is 24.9 Å². The van der Waals surface area contributed by atoms with Gasteiger partial charge < -0.3 is 29.5 Å². The molecule has 0 aromatic heterocycles. The van der Waals surface area contributed by atoms with Crippen LogP contribution in [0.25, 0.3) is 0 Å². The van der Waals surface area contributed by atoms with Crippen molar-refractivity contribution in [1.29, 1.82) is 0 Å². The summed E-state index contributed by atoms with van der Waals surface area (Å²) in [5.74, 6) is -1.54. The Labute approximate surface area is 160 Å². The zero-order chi connectivity index (χ0) is 20.1. The molecule has 0 unspecified atom stereocenters. The molecule has 0 saturated carbocycles. The minimum absolute atomic E-state index is 0.212. The molecule has 3 rings (SSSR count). The van der Waals surface area contributed by atoms with E-state index < -0.39 is 49.3 Å². The van der Waals surface area contributed by atoms with Gasteiger partial charge >= 0.3 is 11.9 Å². The maximum atomic E-state index is 12.3. The lowest BCUT2D eigenvalue weighted by molar-refractivity contribution is -0.285. The van der Waals surface area contributed by atoms with E-state index in [4.69, 9.17) is 14.2 Å². The molecule has 1 heterocycles. The van der Waals surface area contributed by atoms with Gasteiger partial charge in [-0.1, -0.05) is 36.4 Å². The predicted molar refractivity (Wildman–Crippen MR) is 95.3 cm³/mol. The molecule has 2 aromatic carbocycles. The van der Waals surface area contributed by atoms with Gasteiger partial charge in [0.15, 0.2) is 18.5 Å². The van der Waals surface area contributed by atoms with Gasteiger partial charge in [-0.2, -0.15) is 0 Å². The Morgan fingerprint density at radius 1 is 0.821 bits per heavy atom. The van der Waals surface area contributed by atoms with E-state index in [1.54, 1.807) is 36.4 Å². The first-order valence-electron chi connectivity index (χ1n) is 8.65. The Morgan fingerprint density at radius 3 is 1.75 bits per heavy atom. The number of rotatable bonds is 5. The molecule has 1 aliphatic heterocycles. The number of carbonyl (C=O) groups excluding carboxylic acids is 2. The number of ether oxygens (including phenoxy) is 3. The van der Waals surface area contributed by atoms with Crippen molar-refractivity contribution in [1.82, 2.24) is 0 Å². The summed E-state index contributed by atoms with van der Waals surface area (Å²) >= 11 is 0. The van der Waals surface area contributed by atoms with Crippen LogP contribution in [0.3, 0.4) is 0 Å². The van der Waals surface area contributed by atoms with E-state index in [1.165, 1.54) is 24.3 Å². The van der Waals surface area contributed by atoms with E-state index >= 15 is 0 Å². The SMILES string of the molecule is O=C(O[C@H]1[C@@H](O)[C@H](OC(=O)c2ccccc2)[C@@H](CO)O[C@@H]1O)c1ccccc1. The van der Waals surface area contributed by atoms with Crippen LogP contribution in [0.2, 0.25) is 0 Å². The summed E-state index contributed by atoms with van der Waals surface area (Å²) in [6, 6.07) is 16.0. The summed E-state index contributed by atoms with van der Waals surface area (Å²) < 4.78 is 15.7. The van der Waals surface area contributed by atoms with Crippen molar-refractivity contribution in [3.63, 3.8) is 0 Å². The van der Waals surface area contributed by atoms with Gasteiger partial charge in [-0.25, -0.2) is 9.59 Å². The third kappa shape index (κ3) is 4.37. The van der Waals surface area contributed by atoms with Gasteiger partial charge in [-0.3, -0.25) is 0 Å². The molecule has 0 bridgehead atoms. The van der Waals surface area contributed by atoms with Gasteiger partial charge in [0.1, 0.15) is 12.2 Å². The number of hydrogen-bond acceptors (Lipinski definition) is 8. The quantitative estimate of drug-likeness (QED) is 0.633. The number of aliphatic hydroxyl groups excluding tert-OH is 3. The highest BCUT2D eigenvalue weighted by Crippen LogP contribution is 2.26. The number of hydrogen-bond donors (Lipinski definition) is 3. The molecular formula is C20H20O8. The average Bonchev–Trinajstić information content (AvgIpc) is 2.73. The molecule has 8 nitrogen and oxygen atoms in total. The molecule has 0 amide bonds. The smallest absolute Gasteiger partial charge is 0.338 e.